The first-order valence-electron chi connectivity index (χ1n) is 10.1. The van der Waals surface area contributed by atoms with Gasteiger partial charge in [0, 0.05) is 0 Å². The highest BCUT2D eigenvalue weighted by Crippen LogP contribution is 2.26. The standard InChI is InChI=1S/C26H36/c1-20(2)8-7-9-21(3)10-11-22-12-14-23(15-13-22)24-16-18-25(19-17-24)26(4,5)6/h8,12-19,21H,7,9-11H2,1-6H3. The first kappa shape index (κ1) is 20.5. The van der Waals surface area contributed by atoms with Crippen LogP contribution in [0.5, 0.6) is 0 Å². The van der Waals surface area contributed by atoms with E-state index in [4.69, 9.17) is 0 Å². The molecule has 0 heteroatoms. The molecule has 0 spiro atoms. The molecule has 0 bridgehead atoms. The smallest absolute Gasteiger partial charge is 0.0132 e. The number of allylic oxidation sites excluding steroid dienone is 2. The molecule has 2 aromatic rings. The lowest BCUT2D eigenvalue weighted by Gasteiger charge is -2.19. The molecular formula is C26H36. The summed E-state index contributed by atoms with van der Waals surface area (Å²) in [6.45, 7) is 13.5. The van der Waals surface area contributed by atoms with Gasteiger partial charge in [-0.25, -0.2) is 0 Å². The molecule has 0 saturated heterocycles. The Hall–Kier alpha value is -1.82. The summed E-state index contributed by atoms with van der Waals surface area (Å²) in [6, 6.07) is 18.2. The fraction of sp³-hybridized carbons (Fsp3) is 0.462. The first-order valence-corrected chi connectivity index (χ1v) is 10.1. The topological polar surface area (TPSA) is 0 Å². The van der Waals surface area contributed by atoms with Crippen molar-refractivity contribution in [3.05, 3.63) is 71.3 Å². The highest BCUT2D eigenvalue weighted by molar-refractivity contribution is 5.64. The van der Waals surface area contributed by atoms with Crippen molar-refractivity contribution in [1.82, 2.24) is 0 Å². The van der Waals surface area contributed by atoms with E-state index in [1.807, 2.05) is 0 Å². The number of hydrogen-bond acceptors (Lipinski definition) is 0. The van der Waals surface area contributed by atoms with E-state index in [2.05, 4.69) is 96.1 Å². The molecule has 0 aliphatic carbocycles. The van der Waals surface area contributed by atoms with E-state index in [-0.39, 0.29) is 5.41 Å². The molecule has 140 valence electrons. The van der Waals surface area contributed by atoms with Crippen LogP contribution in [0.25, 0.3) is 11.1 Å². The molecule has 2 rings (SSSR count). The van der Waals surface area contributed by atoms with Gasteiger partial charge < -0.3 is 0 Å². The summed E-state index contributed by atoms with van der Waals surface area (Å²) in [4.78, 5) is 0. The van der Waals surface area contributed by atoms with Gasteiger partial charge in [-0.2, -0.15) is 0 Å². The minimum absolute atomic E-state index is 0.213. The summed E-state index contributed by atoms with van der Waals surface area (Å²) < 4.78 is 0. The van der Waals surface area contributed by atoms with E-state index in [0.29, 0.717) is 0 Å². The summed E-state index contributed by atoms with van der Waals surface area (Å²) in [5.41, 5.74) is 7.10. The van der Waals surface area contributed by atoms with Crippen molar-refractivity contribution in [2.24, 2.45) is 5.92 Å². The second-order valence-electron chi connectivity index (χ2n) is 9.03. The zero-order valence-corrected chi connectivity index (χ0v) is 17.6. The van der Waals surface area contributed by atoms with E-state index < -0.39 is 0 Å². The lowest BCUT2D eigenvalue weighted by molar-refractivity contribution is 0.497. The largest absolute Gasteiger partial charge is 0.0859 e. The molecule has 1 atom stereocenters. The Morgan fingerprint density at radius 1 is 0.846 bits per heavy atom. The highest BCUT2D eigenvalue weighted by Gasteiger charge is 2.13. The van der Waals surface area contributed by atoms with Crippen LogP contribution in [0, 0.1) is 5.92 Å². The zero-order valence-electron chi connectivity index (χ0n) is 17.6. The Balaban J connectivity index is 1.91. The van der Waals surface area contributed by atoms with Gasteiger partial charge in [-0.15, -0.1) is 0 Å². The van der Waals surface area contributed by atoms with E-state index in [1.54, 1.807) is 0 Å². The molecule has 2 aromatic carbocycles. The number of hydrogen-bond donors (Lipinski definition) is 0. The number of benzene rings is 2. The van der Waals surface area contributed by atoms with Gasteiger partial charge in [0.25, 0.3) is 0 Å². The predicted molar refractivity (Wildman–Crippen MR) is 117 cm³/mol. The van der Waals surface area contributed by atoms with Gasteiger partial charge in [0.1, 0.15) is 0 Å². The van der Waals surface area contributed by atoms with E-state index in [0.717, 1.165) is 5.92 Å². The number of rotatable bonds is 7. The summed E-state index contributed by atoms with van der Waals surface area (Å²) >= 11 is 0. The van der Waals surface area contributed by atoms with Crippen LogP contribution in [0.3, 0.4) is 0 Å². The van der Waals surface area contributed by atoms with Gasteiger partial charge >= 0.3 is 0 Å². The fourth-order valence-corrected chi connectivity index (χ4v) is 3.24. The normalized spacial score (nSPS) is 12.7. The lowest BCUT2D eigenvalue weighted by Crippen LogP contribution is -2.10. The Morgan fingerprint density at radius 3 is 1.88 bits per heavy atom. The Bertz CT molecular complexity index is 689. The third-order valence-corrected chi connectivity index (χ3v) is 5.18. The van der Waals surface area contributed by atoms with Crippen LogP contribution in [0.2, 0.25) is 0 Å². The van der Waals surface area contributed by atoms with Crippen molar-refractivity contribution < 1.29 is 0 Å². The SMILES string of the molecule is CC(C)=CCCC(C)CCc1ccc(-c2ccc(C(C)(C)C)cc2)cc1. The van der Waals surface area contributed by atoms with Crippen molar-refractivity contribution >= 4 is 0 Å². The van der Waals surface area contributed by atoms with Crippen LogP contribution in [0.15, 0.2) is 60.2 Å². The maximum absolute atomic E-state index is 2.38. The van der Waals surface area contributed by atoms with Crippen molar-refractivity contribution in [3.63, 3.8) is 0 Å². The Kier molecular flexibility index (Phi) is 7.26. The molecule has 0 saturated carbocycles. The molecule has 0 radical (unpaired) electrons. The summed E-state index contributed by atoms with van der Waals surface area (Å²) in [7, 11) is 0. The monoisotopic (exact) mass is 348 g/mol. The minimum atomic E-state index is 0.213. The van der Waals surface area contributed by atoms with Gasteiger partial charge in [0.15, 0.2) is 0 Å². The molecule has 0 heterocycles. The Morgan fingerprint density at radius 2 is 1.38 bits per heavy atom. The van der Waals surface area contributed by atoms with Crippen LogP contribution in [-0.4, -0.2) is 0 Å². The third kappa shape index (κ3) is 6.48. The average Bonchev–Trinajstić information content (AvgIpc) is 2.59. The van der Waals surface area contributed by atoms with Crippen LogP contribution in [-0.2, 0) is 11.8 Å². The molecule has 0 amide bonds. The van der Waals surface area contributed by atoms with E-state index >= 15 is 0 Å². The van der Waals surface area contributed by atoms with Crippen molar-refractivity contribution in [2.45, 2.75) is 72.6 Å². The molecule has 0 nitrogen and oxygen atoms in total. The van der Waals surface area contributed by atoms with Crippen molar-refractivity contribution in [3.8, 4) is 11.1 Å². The summed E-state index contributed by atoms with van der Waals surface area (Å²) in [5.74, 6) is 0.787. The fourth-order valence-electron chi connectivity index (χ4n) is 3.24. The van der Waals surface area contributed by atoms with Crippen molar-refractivity contribution in [2.75, 3.05) is 0 Å². The lowest BCUT2D eigenvalue weighted by atomic mass is 9.86. The zero-order chi connectivity index (χ0) is 19.2. The quantitative estimate of drug-likeness (QED) is 0.445. The number of aryl methyl sites for hydroxylation is 1. The molecule has 0 N–H and O–H groups in total. The second-order valence-corrected chi connectivity index (χ2v) is 9.03. The van der Waals surface area contributed by atoms with E-state index in [1.165, 1.54) is 53.5 Å². The van der Waals surface area contributed by atoms with Gasteiger partial charge in [-0.05, 0) is 73.1 Å². The minimum Gasteiger partial charge on any atom is -0.0859 e. The summed E-state index contributed by atoms with van der Waals surface area (Å²) in [6.07, 6.45) is 7.32. The molecule has 0 fully saturated rings. The van der Waals surface area contributed by atoms with Crippen LogP contribution in [0.1, 0.15) is 71.9 Å². The molecular weight excluding hydrogens is 312 g/mol. The maximum atomic E-state index is 2.38. The predicted octanol–water partition coefficient (Wildman–Crippen LogP) is 7.97. The van der Waals surface area contributed by atoms with Gasteiger partial charge in [0.05, 0.1) is 0 Å². The molecule has 0 aliphatic heterocycles. The second kappa shape index (κ2) is 9.21. The average molecular weight is 349 g/mol. The summed E-state index contributed by atoms with van der Waals surface area (Å²) in [5, 5.41) is 0. The highest BCUT2D eigenvalue weighted by atomic mass is 14.2. The maximum Gasteiger partial charge on any atom is -0.0132 e. The van der Waals surface area contributed by atoms with E-state index in [9.17, 15) is 0 Å². The van der Waals surface area contributed by atoms with Crippen LogP contribution >= 0.6 is 0 Å². The van der Waals surface area contributed by atoms with Crippen molar-refractivity contribution in [1.29, 1.82) is 0 Å². The molecule has 26 heavy (non-hydrogen) atoms. The van der Waals surface area contributed by atoms with Gasteiger partial charge in [-0.1, -0.05) is 87.9 Å². The molecule has 0 aliphatic rings. The van der Waals surface area contributed by atoms with Crippen LogP contribution in [0.4, 0.5) is 0 Å². The van der Waals surface area contributed by atoms with Crippen LogP contribution < -0.4 is 0 Å². The Labute approximate surface area is 161 Å². The molecule has 1 unspecified atom stereocenters. The van der Waals surface area contributed by atoms with Gasteiger partial charge in [0.2, 0.25) is 0 Å². The first-order chi connectivity index (χ1) is 12.3. The third-order valence-electron chi connectivity index (χ3n) is 5.18. The molecule has 0 aromatic heterocycles. The van der Waals surface area contributed by atoms with Gasteiger partial charge in [-0.3, -0.25) is 0 Å².